The standard InChI is InChI=1S/C20H24FN3O/c1-19(2)13-24(14-20(25-19)11-3-4-12-20)18-10-9-17(22-23-18)15-5-7-16(21)8-6-15/h5-10H,3-4,11-14H2,1-2H3. The third-order valence-electron chi connectivity index (χ3n) is 5.17. The van der Waals surface area contributed by atoms with Crippen LogP contribution in [0, 0.1) is 5.82 Å². The molecule has 4 nitrogen and oxygen atoms in total. The van der Waals surface area contributed by atoms with E-state index in [4.69, 9.17) is 4.74 Å². The quantitative estimate of drug-likeness (QED) is 0.820. The average Bonchev–Trinajstić information content (AvgIpc) is 3.01. The van der Waals surface area contributed by atoms with Crippen molar-refractivity contribution in [3.8, 4) is 11.3 Å². The highest BCUT2D eigenvalue weighted by Gasteiger charge is 2.46. The molecule has 0 N–H and O–H groups in total. The van der Waals surface area contributed by atoms with Crippen LogP contribution in [0.15, 0.2) is 36.4 Å². The zero-order valence-corrected chi connectivity index (χ0v) is 14.8. The number of nitrogens with zero attached hydrogens (tertiary/aromatic N) is 3. The Morgan fingerprint density at radius 3 is 2.32 bits per heavy atom. The molecule has 2 heterocycles. The van der Waals surface area contributed by atoms with Crippen molar-refractivity contribution < 1.29 is 9.13 Å². The smallest absolute Gasteiger partial charge is 0.151 e. The summed E-state index contributed by atoms with van der Waals surface area (Å²) in [5.41, 5.74) is 1.39. The molecule has 5 heteroatoms. The largest absolute Gasteiger partial charge is 0.365 e. The van der Waals surface area contributed by atoms with Gasteiger partial charge in [-0.2, -0.15) is 0 Å². The molecular weight excluding hydrogens is 317 g/mol. The number of benzene rings is 1. The zero-order chi connectivity index (χ0) is 17.5. The molecule has 1 spiro atoms. The van der Waals surface area contributed by atoms with Crippen molar-refractivity contribution in [3.05, 3.63) is 42.2 Å². The van der Waals surface area contributed by atoms with Crippen LogP contribution in [-0.4, -0.2) is 34.5 Å². The Labute approximate surface area is 148 Å². The maximum absolute atomic E-state index is 13.1. The first-order valence-electron chi connectivity index (χ1n) is 9.00. The molecule has 2 fully saturated rings. The van der Waals surface area contributed by atoms with Gasteiger partial charge in [-0.25, -0.2) is 4.39 Å². The molecule has 1 aliphatic carbocycles. The second-order valence-corrected chi connectivity index (χ2v) is 7.89. The van der Waals surface area contributed by atoms with Gasteiger partial charge in [-0.05, 0) is 63.1 Å². The van der Waals surface area contributed by atoms with Crippen LogP contribution < -0.4 is 4.90 Å². The Hall–Kier alpha value is -2.01. The topological polar surface area (TPSA) is 38.2 Å². The lowest BCUT2D eigenvalue weighted by molar-refractivity contribution is -0.148. The monoisotopic (exact) mass is 341 g/mol. The van der Waals surface area contributed by atoms with Gasteiger partial charge in [0.2, 0.25) is 0 Å². The summed E-state index contributed by atoms with van der Waals surface area (Å²) in [4.78, 5) is 2.30. The van der Waals surface area contributed by atoms with Crippen molar-refractivity contribution in [2.75, 3.05) is 18.0 Å². The highest BCUT2D eigenvalue weighted by molar-refractivity contribution is 5.59. The molecule has 1 saturated carbocycles. The second kappa shape index (κ2) is 6.06. The summed E-state index contributed by atoms with van der Waals surface area (Å²) >= 11 is 0. The fourth-order valence-corrected chi connectivity index (χ4v) is 4.22. The first-order chi connectivity index (χ1) is 11.9. The van der Waals surface area contributed by atoms with Gasteiger partial charge in [-0.15, -0.1) is 10.2 Å². The summed E-state index contributed by atoms with van der Waals surface area (Å²) in [5, 5.41) is 8.81. The van der Waals surface area contributed by atoms with E-state index < -0.39 is 0 Å². The predicted octanol–water partition coefficient (Wildman–Crippen LogP) is 4.21. The number of halogens is 1. The predicted molar refractivity (Wildman–Crippen MR) is 96.0 cm³/mol. The number of hydrogen-bond acceptors (Lipinski definition) is 4. The van der Waals surface area contributed by atoms with Crippen LogP contribution in [0.1, 0.15) is 39.5 Å². The minimum atomic E-state index is -0.245. The summed E-state index contributed by atoms with van der Waals surface area (Å²) in [6, 6.07) is 10.3. The van der Waals surface area contributed by atoms with Crippen LogP contribution in [-0.2, 0) is 4.74 Å². The molecule has 25 heavy (non-hydrogen) atoms. The molecule has 1 aliphatic heterocycles. The lowest BCUT2D eigenvalue weighted by Gasteiger charge is -2.49. The van der Waals surface area contributed by atoms with Gasteiger partial charge in [0.15, 0.2) is 5.82 Å². The highest BCUT2D eigenvalue weighted by Crippen LogP contribution is 2.41. The average molecular weight is 341 g/mol. The number of aromatic nitrogens is 2. The van der Waals surface area contributed by atoms with Crippen LogP contribution in [0.2, 0.25) is 0 Å². The lowest BCUT2D eigenvalue weighted by atomic mass is 9.94. The molecular formula is C20H24FN3O. The molecule has 132 valence electrons. The molecule has 2 aliphatic rings. The first kappa shape index (κ1) is 16.5. The van der Waals surface area contributed by atoms with E-state index in [1.165, 1.54) is 25.0 Å². The van der Waals surface area contributed by atoms with Gasteiger partial charge in [0.05, 0.1) is 16.9 Å². The number of morpholine rings is 1. The molecule has 0 amide bonds. The van der Waals surface area contributed by atoms with Crippen molar-refractivity contribution in [2.24, 2.45) is 0 Å². The van der Waals surface area contributed by atoms with Crippen LogP contribution in [0.4, 0.5) is 10.2 Å². The minimum absolute atomic E-state index is 0.0426. The van der Waals surface area contributed by atoms with E-state index in [1.54, 1.807) is 12.1 Å². The Kier molecular flexibility index (Phi) is 3.99. The minimum Gasteiger partial charge on any atom is -0.365 e. The summed E-state index contributed by atoms with van der Waals surface area (Å²) in [6.07, 6.45) is 4.71. The molecule has 1 aromatic carbocycles. The van der Waals surface area contributed by atoms with Crippen LogP contribution in [0.3, 0.4) is 0 Å². The Balaban J connectivity index is 1.57. The molecule has 1 saturated heterocycles. The van der Waals surface area contributed by atoms with Crippen molar-refractivity contribution in [2.45, 2.75) is 50.7 Å². The van der Waals surface area contributed by atoms with E-state index in [0.29, 0.717) is 0 Å². The van der Waals surface area contributed by atoms with Crippen molar-refractivity contribution in [3.63, 3.8) is 0 Å². The third kappa shape index (κ3) is 3.38. The van der Waals surface area contributed by atoms with Gasteiger partial charge in [-0.1, -0.05) is 12.8 Å². The highest BCUT2D eigenvalue weighted by atomic mass is 19.1. The summed E-state index contributed by atoms with van der Waals surface area (Å²) in [5.74, 6) is 0.638. The molecule has 2 aromatic rings. The van der Waals surface area contributed by atoms with E-state index >= 15 is 0 Å². The number of ether oxygens (including phenoxy) is 1. The molecule has 0 atom stereocenters. The van der Waals surface area contributed by atoms with Crippen molar-refractivity contribution in [1.29, 1.82) is 0 Å². The molecule has 0 unspecified atom stereocenters. The molecule has 0 radical (unpaired) electrons. The van der Waals surface area contributed by atoms with Crippen molar-refractivity contribution in [1.82, 2.24) is 10.2 Å². The Bertz CT molecular complexity index is 737. The maximum atomic E-state index is 13.1. The molecule has 4 rings (SSSR count). The summed E-state index contributed by atoms with van der Waals surface area (Å²) < 4.78 is 19.5. The van der Waals surface area contributed by atoms with E-state index in [-0.39, 0.29) is 17.0 Å². The molecule has 0 bridgehead atoms. The Morgan fingerprint density at radius 1 is 0.960 bits per heavy atom. The van der Waals surface area contributed by atoms with Crippen LogP contribution in [0.25, 0.3) is 11.3 Å². The van der Waals surface area contributed by atoms with Gasteiger partial charge in [0.1, 0.15) is 5.82 Å². The normalized spacial score (nSPS) is 21.6. The number of hydrogen-bond donors (Lipinski definition) is 0. The van der Waals surface area contributed by atoms with Crippen LogP contribution in [0.5, 0.6) is 0 Å². The second-order valence-electron chi connectivity index (χ2n) is 7.89. The van der Waals surface area contributed by atoms with Crippen molar-refractivity contribution >= 4 is 5.82 Å². The van der Waals surface area contributed by atoms with Gasteiger partial charge in [0, 0.05) is 18.7 Å². The Morgan fingerprint density at radius 2 is 1.68 bits per heavy atom. The van der Waals surface area contributed by atoms with Gasteiger partial charge < -0.3 is 9.64 Å². The van der Waals surface area contributed by atoms with E-state index in [2.05, 4.69) is 28.9 Å². The number of anilines is 1. The van der Waals surface area contributed by atoms with E-state index in [1.807, 2.05) is 12.1 Å². The van der Waals surface area contributed by atoms with Gasteiger partial charge in [0.25, 0.3) is 0 Å². The summed E-state index contributed by atoms with van der Waals surface area (Å²) in [7, 11) is 0. The van der Waals surface area contributed by atoms with Gasteiger partial charge >= 0.3 is 0 Å². The number of rotatable bonds is 2. The first-order valence-corrected chi connectivity index (χ1v) is 9.00. The summed E-state index contributed by atoms with van der Waals surface area (Å²) in [6.45, 7) is 5.99. The van der Waals surface area contributed by atoms with Crippen LogP contribution >= 0.6 is 0 Å². The van der Waals surface area contributed by atoms with Gasteiger partial charge in [-0.3, -0.25) is 0 Å². The van der Waals surface area contributed by atoms with E-state index in [9.17, 15) is 4.39 Å². The van der Waals surface area contributed by atoms with E-state index in [0.717, 1.165) is 43.0 Å². The third-order valence-corrected chi connectivity index (χ3v) is 5.17. The molecule has 1 aromatic heterocycles. The lowest BCUT2D eigenvalue weighted by Crippen LogP contribution is -2.59. The fraction of sp³-hybridized carbons (Fsp3) is 0.500. The maximum Gasteiger partial charge on any atom is 0.151 e. The SMILES string of the molecule is CC1(C)CN(c2ccc(-c3ccc(F)cc3)nn2)CC2(CCCC2)O1. The zero-order valence-electron chi connectivity index (χ0n) is 14.8. The fourth-order valence-electron chi connectivity index (χ4n) is 4.22.